The Balaban J connectivity index is 1.40. The van der Waals surface area contributed by atoms with Crippen LogP contribution in [-0.4, -0.2) is 60.9 Å². The SMILES string of the molecule is CNC(=O)C1CCN(C(=O)c2ccc3c(c2)CCN(C2CCC2)CC3)CC1. The highest BCUT2D eigenvalue weighted by molar-refractivity contribution is 5.94. The molecule has 1 aromatic carbocycles. The van der Waals surface area contributed by atoms with Crippen LogP contribution in [0, 0.1) is 5.92 Å². The van der Waals surface area contributed by atoms with Crippen LogP contribution in [0.1, 0.15) is 53.6 Å². The maximum Gasteiger partial charge on any atom is 0.253 e. The van der Waals surface area contributed by atoms with Gasteiger partial charge >= 0.3 is 0 Å². The van der Waals surface area contributed by atoms with Gasteiger partial charge in [-0.25, -0.2) is 0 Å². The van der Waals surface area contributed by atoms with Crippen molar-refractivity contribution in [1.29, 1.82) is 0 Å². The van der Waals surface area contributed by atoms with Crippen LogP contribution in [0.15, 0.2) is 18.2 Å². The van der Waals surface area contributed by atoms with E-state index in [1.165, 1.54) is 30.4 Å². The van der Waals surface area contributed by atoms with Crippen molar-refractivity contribution in [2.45, 2.75) is 51.0 Å². The van der Waals surface area contributed by atoms with Crippen molar-refractivity contribution in [2.75, 3.05) is 33.2 Å². The number of hydrogen-bond donors (Lipinski definition) is 1. The van der Waals surface area contributed by atoms with Crippen LogP contribution in [0.3, 0.4) is 0 Å². The molecule has 2 aliphatic heterocycles. The molecule has 0 unspecified atom stereocenters. The minimum Gasteiger partial charge on any atom is -0.359 e. The van der Waals surface area contributed by atoms with Gasteiger partial charge in [-0.3, -0.25) is 14.5 Å². The molecule has 0 aromatic heterocycles. The fourth-order valence-electron chi connectivity index (χ4n) is 4.72. The zero-order valence-corrected chi connectivity index (χ0v) is 16.4. The molecule has 1 saturated heterocycles. The number of nitrogens with one attached hydrogen (secondary N) is 1. The summed E-state index contributed by atoms with van der Waals surface area (Å²) in [5, 5.41) is 2.72. The van der Waals surface area contributed by atoms with Gasteiger partial charge in [-0.15, -0.1) is 0 Å². The smallest absolute Gasteiger partial charge is 0.253 e. The van der Waals surface area contributed by atoms with Crippen LogP contribution in [0.4, 0.5) is 0 Å². The van der Waals surface area contributed by atoms with Crippen molar-refractivity contribution in [2.24, 2.45) is 5.92 Å². The molecule has 27 heavy (non-hydrogen) atoms. The summed E-state index contributed by atoms with van der Waals surface area (Å²) < 4.78 is 0. The fraction of sp³-hybridized carbons (Fsp3) is 0.636. The van der Waals surface area contributed by atoms with E-state index in [0.29, 0.717) is 13.1 Å². The molecule has 2 fully saturated rings. The average Bonchev–Trinajstić information content (AvgIpc) is 2.88. The van der Waals surface area contributed by atoms with Crippen LogP contribution in [-0.2, 0) is 17.6 Å². The van der Waals surface area contributed by atoms with E-state index in [0.717, 1.165) is 50.4 Å². The predicted molar refractivity (Wildman–Crippen MR) is 106 cm³/mol. The molecule has 1 aliphatic carbocycles. The second kappa shape index (κ2) is 8.01. The van der Waals surface area contributed by atoms with Crippen molar-refractivity contribution in [3.05, 3.63) is 34.9 Å². The van der Waals surface area contributed by atoms with E-state index >= 15 is 0 Å². The van der Waals surface area contributed by atoms with Crippen LogP contribution in [0.5, 0.6) is 0 Å². The lowest BCUT2D eigenvalue weighted by molar-refractivity contribution is -0.125. The molecule has 2 amide bonds. The normalized spacial score (nSPS) is 21.9. The molecule has 1 saturated carbocycles. The Hall–Kier alpha value is -1.88. The molecule has 5 heteroatoms. The van der Waals surface area contributed by atoms with E-state index in [2.05, 4.69) is 22.3 Å². The lowest BCUT2D eigenvalue weighted by atomic mass is 9.91. The Bertz CT molecular complexity index is 706. The first-order chi connectivity index (χ1) is 13.2. The van der Waals surface area contributed by atoms with E-state index < -0.39 is 0 Å². The first kappa shape index (κ1) is 18.5. The maximum atomic E-state index is 13.0. The second-order valence-corrected chi connectivity index (χ2v) is 8.28. The monoisotopic (exact) mass is 369 g/mol. The summed E-state index contributed by atoms with van der Waals surface area (Å²) in [6, 6.07) is 7.10. The summed E-state index contributed by atoms with van der Waals surface area (Å²) in [5.74, 6) is 0.264. The van der Waals surface area contributed by atoms with E-state index in [1.54, 1.807) is 7.05 Å². The molecule has 0 atom stereocenters. The Labute approximate surface area is 162 Å². The van der Waals surface area contributed by atoms with Crippen LogP contribution < -0.4 is 5.32 Å². The predicted octanol–water partition coefficient (Wildman–Crippen LogP) is 2.24. The van der Waals surface area contributed by atoms with E-state index in [1.807, 2.05) is 11.0 Å². The minimum atomic E-state index is 0.0450. The van der Waals surface area contributed by atoms with E-state index in [9.17, 15) is 9.59 Å². The lowest BCUT2D eigenvalue weighted by Crippen LogP contribution is -2.42. The topological polar surface area (TPSA) is 52.7 Å². The number of rotatable bonds is 3. The van der Waals surface area contributed by atoms with Crippen molar-refractivity contribution in [3.8, 4) is 0 Å². The minimum absolute atomic E-state index is 0.0450. The van der Waals surface area contributed by atoms with Gasteiger partial charge in [-0.05, 0) is 61.8 Å². The van der Waals surface area contributed by atoms with Crippen LogP contribution in [0.25, 0.3) is 0 Å². The van der Waals surface area contributed by atoms with Crippen LogP contribution in [0.2, 0.25) is 0 Å². The van der Waals surface area contributed by atoms with Gasteiger partial charge in [0.05, 0.1) is 0 Å². The molecular weight excluding hydrogens is 338 g/mol. The number of benzene rings is 1. The second-order valence-electron chi connectivity index (χ2n) is 8.28. The molecule has 1 aromatic rings. The fourth-order valence-corrected chi connectivity index (χ4v) is 4.72. The lowest BCUT2D eigenvalue weighted by Gasteiger charge is -2.36. The number of amides is 2. The number of carbonyl (C=O) groups is 2. The van der Waals surface area contributed by atoms with Crippen molar-refractivity contribution in [1.82, 2.24) is 15.1 Å². The van der Waals surface area contributed by atoms with E-state index in [4.69, 9.17) is 0 Å². The highest BCUT2D eigenvalue weighted by Crippen LogP contribution is 2.28. The first-order valence-corrected chi connectivity index (χ1v) is 10.5. The number of nitrogens with zero attached hydrogens (tertiary/aromatic N) is 2. The van der Waals surface area contributed by atoms with Gasteiger partial charge in [0, 0.05) is 50.7 Å². The van der Waals surface area contributed by atoms with Gasteiger partial charge in [0.25, 0.3) is 5.91 Å². The van der Waals surface area contributed by atoms with Gasteiger partial charge in [-0.2, -0.15) is 0 Å². The average molecular weight is 370 g/mol. The van der Waals surface area contributed by atoms with E-state index in [-0.39, 0.29) is 17.7 Å². The molecular formula is C22H31N3O2. The van der Waals surface area contributed by atoms with Crippen molar-refractivity contribution < 1.29 is 9.59 Å². The number of piperidine rings is 1. The molecule has 3 aliphatic rings. The molecule has 0 spiro atoms. The molecule has 146 valence electrons. The zero-order chi connectivity index (χ0) is 18.8. The number of likely N-dealkylation sites (tertiary alicyclic amines) is 1. The largest absolute Gasteiger partial charge is 0.359 e. The molecule has 1 N–H and O–H groups in total. The molecule has 0 bridgehead atoms. The van der Waals surface area contributed by atoms with Gasteiger partial charge in [0.1, 0.15) is 0 Å². The summed E-state index contributed by atoms with van der Waals surface area (Å²) in [5.41, 5.74) is 3.57. The molecule has 2 heterocycles. The summed E-state index contributed by atoms with van der Waals surface area (Å²) in [6.45, 7) is 3.61. The maximum absolute atomic E-state index is 13.0. The Kier molecular flexibility index (Phi) is 5.48. The third-order valence-corrected chi connectivity index (χ3v) is 6.78. The molecule has 0 radical (unpaired) electrons. The van der Waals surface area contributed by atoms with Crippen LogP contribution >= 0.6 is 0 Å². The van der Waals surface area contributed by atoms with Crippen molar-refractivity contribution >= 4 is 11.8 Å². The van der Waals surface area contributed by atoms with Gasteiger partial charge < -0.3 is 10.2 Å². The molecule has 5 nitrogen and oxygen atoms in total. The summed E-state index contributed by atoms with van der Waals surface area (Å²) >= 11 is 0. The Morgan fingerprint density at radius 1 is 0.963 bits per heavy atom. The number of carbonyl (C=O) groups excluding carboxylic acids is 2. The zero-order valence-electron chi connectivity index (χ0n) is 16.4. The summed E-state index contributed by atoms with van der Waals surface area (Å²) in [7, 11) is 1.68. The first-order valence-electron chi connectivity index (χ1n) is 10.5. The Morgan fingerprint density at radius 2 is 1.67 bits per heavy atom. The molecule has 4 rings (SSSR count). The third kappa shape index (κ3) is 3.88. The highest BCUT2D eigenvalue weighted by atomic mass is 16.2. The quantitative estimate of drug-likeness (QED) is 0.889. The van der Waals surface area contributed by atoms with Gasteiger partial charge in [0.2, 0.25) is 5.91 Å². The highest BCUT2D eigenvalue weighted by Gasteiger charge is 2.29. The van der Waals surface area contributed by atoms with Gasteiger partial charge in [-0.1, -0.05) is 12.5 Å². The Morgan fingerprint density at radius 3 is 2.30 bits per heavy atom. The van der Waals surface area contributed by atoms with Gasteiger partial charge in [0.15, 0.2) is 0 Å². The number of fused-ring (bicyclic) bond motifs is 1. The number of hydrogen-bond acceptors (Lipinski definition) is 3. The van der Waals surface area contributed by atoms with Crippen molar-refractivity contribution in [3.63, 3.8) is 0 Å². The third-order valence-electron chi connectivity index (χ3n) is 6.78. The summed E-state index contributed by atoms with van der Waals surface area (Å²) in [6.07, 6.45) is 7.74. The summed E-state index contributed by atoms with van der Waals surface area (Å²) in [4.78, 5) is 29.3. The standard InChI is InChI=1S/C22H31N3O2/c1-23-21(26)17-8-13-25(14-9-17)22(27)19-6-5-16-7-11-24(20-3-2-4-20)12-10-18(16)15-19/h5-6,15,17,20H,2-4,7-14H2,1H3,(H,23,26).